The third kappa shape index (κ3) is 4.17. The number of sulfonamides is 1. The quantitative estimate of drug-likeness (QED) is 0.771. The van der Waals surface area contributed by atoms with Gasteiger partial charge in [0.05, 0.1) is 11.6 Å². The lowest BCUT2D eigenvalue weighted by Crippen LogP contribution is -2.41. The summed E-state index contributed by atoms with van der Waals surface area (Å²) in [4.78, 5) is 27.3. The summed E-state index contributed by atoms with van der Waals surface area (Å²) in [6.45, 7) is 5.68. The van der Waals surface area contributed by atoms with Gasteiger partial charge in [0.1, 0.15) is 11.4 Å². The average Bonchev–Trinajstić information content (AvgIpc) is 2.95. The highest BCUT2D eigenvalue weighted by atomic mass is 32.2. The second-order valence-corrected chi connectivity index (χ2v) is 10.2. The van der Waals surface area contributed by atoms with Gasteiger partial charge in [-0.3, -0.25) is 9.59 Å². The van der Waals surface area contributed by atoms with Gasteiger partial charge in [-0.15, -0.1) is 0 Å². The van der Waals surface area contributed by atoms with Crippen LogP contribution in [-0.2, 0) is 14.8 Å². The highest BCUT2D eigenvalue weighted by Gasteiger charge is 2.41. The van der Waals surface area contributed by atoms with E-state index in [9.17, 15) is 18.0 Å². The Bertz CT molecular complexity index is 1090. The normalized spacial score (nSPS) is 19.2. The zero-order valence-electron chi connectivity index (χ0n) is 17.7. The number of hydrogen-bond donors (Lipinski definition) is 1. The monoisotopic (exact) mass is 441 g/mol. The van der Waals surface area contributed by atoms with Crippen LogP contribution >= 0.6 is 0 Å². The molecule has 0 aromatic heterocycles. The molecule has 164 valence electrons. The molecule has 0 radical (unpaired) electrons. The van der Waals surface area contributed by atoms with Crippen LogP contribution in [0.25, 0.3) is 0 Å². The maximum Gasteiger partial charge on any atom is 0.269 e. The van der Waals surface area contributed by atoms with E-state index in [1.807, 2.05) is 19.1 Å². The first-order valence-electron chi connectivity index (χ1n) is 10.6. The maximum absolute atomic E-state index is 12.6. The summed E-state index contributed by atoms with van der Waals surface area (Å²) in [6, 6.07) is 13.8. The molecule has 0 bridgehead atoms. The van der Waals surface area contributed by atoms with E-state index in [4.69, 9.17) is 0 Å². The predicted octanol–water partition coefficient (Wildman–Crippen LogP) is 2.94. The molecule has 1 N–H and O–H groups in total. The van der Waals surface area contributed by atoms with Crippen LogP contribution in [0, 0.1) is 5.92 Å². The number of rotatable bonds is 5. The molecule has 2 aliphatic rings. The summed E-state index contributed by atoms with van der Waals surface area (Å²) in [7, 11) is -4.00. The fraction of sp³-hybridized carbons (Fsp3) is 0.391. The minimum Gasteiger partial charge on any atom is -0.372 e. The molecule has 1 atom stereocenters. The summed E-state index contributed by atoms with van der Waals surface area (Å²) in [5.41, 5.74) is 2.19. The molecule has 2 aliphatic heterocycles. The third-order valence-electron chi connectivity index (χ3n) is 6.12. The van der Waals surface area contributed by atoms with E-state index in [0.717, 1.165) is 24.6 Å². The van der Waals surface area contributed by atoms with Crippen molar-refractivity contribution in [2.24, 2.45) is 5.92 Å². The standard InChI is InChI=1S/C23H27N3O4S/c1-16-11-13-25(14-12-16)19-9-7-18(8-10-19)17(2)24-22(27)15-26-23(28)20-5-3-4-6-21(20)31(26,29)30/h3-10,16-17H,11-15H2,1-2H3,(H,24,27). The molecule has 8 heteroatoms. The molecule has 1 saturated heterocycles. The number of piperidine rings is 1. The zero-order valence-corrected chi connectivity index (χ0v) is 18.6. The van der Waals surface area contributed by atoms with Crippen LogP contribution in [-0.4, -0.2) is 44.2 Å². The minimum atomic E-state index is -4.00. The van der Waals surface area contributed by atoms with Crippen LogP contribution in [0.5, 0.6) is 0 Å². The molecule has 2 amide bonds. The molecule has 0 aliphatic carbocycles. The van der Waals surface area contributed by atoms with E-state index >= 15 is 0 Å². The van der Waals surface area contributed by atoms with E-state index in [1.165, 1.54) is 30.7 Å². The summed E-state index contributed by atoms with van der Waals surface area (Å²) < 4.78 is 25.9. The first kappa shape index (κ1) is 21.4. The van der Waals surface area contributed by atoms with E-state index in [-0.39, 0.29) is 16.5 Å². The Kier molecular flexibility index (Phi) is 5.75. The van der Waals surface area contributed by atoms with Gasteiger partial charge in [-0.05, 0) is 55.5 Å². The van der Waals surface area contributed by atoms with Gasteiger partial charge in [-0.25, -0.2) is 12.7 Å². The van der Waals surface area contributed by atoms with Crippen molar-refractivity contribution in [2.75, 3.05) is 24.5 Å². The number of nitrogens with zero attached hydrogens (tertiary/aromatic N) is 2. The fourth-order valence-corrected chi connectivity index (χ4v) is 5.65. The Morgan fingerprint density at radius 1 is 1.10 bits per heavy atom. The molecule has 0 spiro atoms. The molecular weight excluding hydrogens is 414 g/mol. The van der Waals surface area contributed by atoms with Crippen LogP contribution in [0.2, 0.25) is 0 Å². The fourth-order valence-electron chi connectivity index (χ4n) is 4.13. The Hall–Kier alpha value is -2.87. The van der Waals surface area contributed by atoms with Crippen molar-refractivity contribution in [3.8, 4) is 0 Å². The molecule has 2 aromatic carbocycles. The molecule has 0 saturated carbocycles. The van der Waals surface area contributed by atoms with Crippen molar-refractivity contribution in [1.29, 1.82) is 0 Å². The van der Waals surface area contributed by atoms with Crippen molar-refractivity contribution in [2.45, 2.75) is 37.6 Å². The van der Waals surface area contributed by atoms with Gasteiger partial charge >= 0.3 is 0 Å². The number of hydrogen-bond acceptors (Lipinski definition) is 5. The molecule has 31 heavy (non-hydrogen) atoms. The van der Waals surface area contributed by atoms with Crippen LogP contribution in [0.3, 0.4) is 0 Å². The van der Waals surface area contributed by atoms with Crippen molar-refractivity contribution >= 4 is 27.5 Å². The number of carbonyl (C=O) groups is 2. The van der Waals surface area contributed by atoms with E-state index < -0.39 is 28.4 Å². The third-order valence-corrected chi connectivity index (χ3v) is 7.91. The minimum absolute atomic E-state index is 0.0523. The zero-order chi connectivity index (χ0) is 22.2. The topological polar surface area (TPSA) is 86.8 Å². The lowest BCUT2D eigenvalue weighted by molar-refractivity contribution is -0.121. The van der Waals surface area contributed by atoms with Gasteiger partial charge < -0.3 is 10.2 Å². The smallest absolute Gasteiger partial charge is 0.269 e. The first-order chi connectivity index (χ1) is 14.8. The highest BCUT2D eigenvalue weighted by molar-refractivity contribution is 7.90. The molecule has 7 nitrogen and oxygen atoms in total. The van der Waals surface area contributed by atoms with Crippen LogP contribution in [0.1, 0.15) is 48.7 Å². The Labute approximate surface area is 183 Å². The molecule has 2 aromatic rings. The van der Waals surface area contributed by atoms with Crippen LogP contribution in [0.15, 0.2) is 53.4 Å². The van der Waals surface area contributed by atoms with Crippen molar-refractivity contribution in [3.05, 3.63) is 59.7 Å². The molecule has 4 rings (SSSR count). The maximum atomic E-state index is 12.6. The highest BCUT2D eigenvalue weighted by Crippen LogP contribution is 2.30. The Balaban J connectivity index is 1.38. The number of carbonyl (C=O) groups excluding carboxylic acids is 2. The summed E-state index contributed by atoms with van der Waals surface area (Å²) in [5, 5.41) is 2.80. The predicted molar refractivity (Wildman–Crippen MR) is 118 cm³/mol. The number of amides is 2. The second kappa shape index (κ2) is 8.34. The Morgan fingerprint density at radius 3 is 2.39 bits per heavy atom. The summed E-state index contributed by atoms with van der Waals surface area (Å²) in [6.07, 6.45) is 2.38. The SMILES string of the molecule is CC1CCN(c2ccc(C(C)NC(=O)CN3C(=O)c4ccccc4S3(=O)=O)cc2)CC1. The van der Waals surface area contributed by atoms with Gasteiger partial charge in [0.25, 0.3) is 15.9 Å². The number of fused-ring (bicyclic) bond motifs is 1. The largest absolute Gasteiger partial charge is 0.372 e. The number of nitrogens with one attached hydrogen (secondary N) is 1. The van der Waals surface area contributed by atoms with Crippen molar-refractivity contribution < 1.29 is 18.0 Å². The Morgan fingerprint density at radius 2 is 1.74 bits per heavy atom. The average molecular weight is 442 g/mol. The second-order valence-electron chi connectivity index (χ2n) is 8.36. The lowest BCUT2D eigenvalue weighted by atomic mass is 9.98. The van der Waals surface area contributed by atoms with Crippen LogP contribution < -0.4 is 10.2 Å². The van der Waals surface area contributed by atoms with Crippen LogP contribution in [0.4, 0.5) is 5.69 Å². The van der Waals surface area contributed by atoms with Gasteiger partial charge in [0.15, 0.2) is 0 Å². The van der Waals surface area contributed by atoms with E-state index in [1.54, 1.807) is 12.1 Å². The molecular formula is C23H27N3O4S. The van der Waals surface area contributed by atoms with Gasteiger partial charge in [0, 0.05) is 18.8 Å². The molecule has 1 fully saturated rings. The summed E-state index contributed by atoms with van der Waals surface area (Å²) >= 11 is 0. The molecule has 1 unspecified atom stereocenters. The lowest BCUT2D eigenvalue weighted by Gasteiger charge is -2.32. The number of benzene rings is 2. The van der Waals surface area contributed by atoms with Gasteiger partial charge in [0.2, 0.25) is 5.91 Å². The van der Waals surface area contributed by atoms with Crippen molar-refractivity contribution in [1.82, 2.24) is 9.62 Å². The van der Waals surface area contributed by atoms with Gasteiger partial charge in [-0.2, -0.15) is 0 Å². The van der Waals surface area contributed by atoms with E-state index in [0.29, 0.717) is 4.31 Å². The van der Waals surface area contributed by atoms with E-state index in [2.05, 4.69) is 29.3 Å². The first-order valence-corrected chi connectivity index (χ1v) is 12.0. The number of anilines is 1. The van der Waals surface area contributed by atoms with Crippen molar-refractivity contribution in [3.63, 3.8) is 0 Å². The summed E-state index contributed by atoms with van der Waals surface area (Å²) in [5.74, 6) is -0.421. The van der Waals surface area contributed by atoms with Gasteiger partial charge in [-0.1, -0.05) is 31.2 Å². The molecule has 2 heterocycles.